The lowest BCUT2D eigenvalue weighted by Crippen LogP contribution is -2.51. The highest BCUT2D eigenvalue weighted by Crippen LogP contribution is 2.19. The van der Waals surface area contributed by atoms with Gasteiger partial charge in [0.05, 0.1) is 37.3 Å². The van der Waals surface area contributed by atoms with Crippen LogP contribution in [0.15, 0.2) is 30.3 Å². The number of nitrogens with zero attached hydrogens (tertiary/aromatic N) is 12. The van der Waals surface area contributed by atoms with Gasteiger partial charge in [-0.15, -0.1) is 33.3 Å². The second kappa shape index (κ2) is 56.9. The van der Waals surface area contributed by atoms with Gasteiger partial charge in [-0.25, -0.2) is 33.6 Å². The lowest BCUT2D eigenvalue weighted by Gasteiger charge is -2.32. The predicted octanol–water partition coefficient (Wildman–Crippen LogP) is 8.84. The van der Waals surface area contributed by atoms with E-state index in [1.165, 1.54) is 81.4 Å². The van der Waals surface area contributed by atoms with Crippen molar-refractivity contribution in [1.29, 1.82) is 0 Å². The molecule has 0 spiro atoms. The average Bonchev–Trinajstić information content (AvgIpc) is 0.841. The van der Waals surface area contributed by atoms with Gasteiger partial charge in [0.15, 0.2) is 0 Å². The largest absolute Gasteiger partial charge is 0.481 e. The molecule has 3 atom stereocenters. The molecule has 118 heavy (non-hydrogen) atoms. The van der Waals surface area contributed by atoms with Gasteiger partial charge in [0.1, 0.15) is 52.5 Å². The second-order valence-corrected chi connectivity index (χ2v) is 32.4. The standard InChI is InChI=1S/C28H51N5O9.C27H49N5O10.C21H33N3O5.CH2Cl2.CH4O/c1-13-32(14-2)25(38)42-33(26(39)41-28(7,8)9)16-15-22(35)31(12)21(19-20(3)34)23(36)29(10)17-18-30(11)24(37)40-27(4,5)6;1-12-31(13-2)24(38)42-32(25(39)41-27(6,7)8)15-14-20(33)30(11)19(18-21(34)35)22(36)28(9)16-17-29(10)23(37)40-26(3,4)5;1-21(2,3)29-20(27)24(6)13-12-23(5)19(26)17(22-4)14-18(25)28-15-16-10-8-7-9-11-16;2-1-3;1-2/h21H,13-19H2,1-12H3;19H,12-18H2,1-11H3,(H,34,35);7-11,17,22H,12-15H2,1-6H3;1H2;2H,1H3/t21-;19-;17-;;/m000../s1. The summed E-state index contributed by atoms with van der Waals surface area (Å²) in [6.07, 6.45) is -6.86. The van der Waals surface area contributed by atoms with E-state index in [1.807, 2.05) is 30.3 Å². The molecule has 0 bridgehead atoms. The van der Waals surface area contributed by atoms with E-state index in [0.29, 0.717) is 49.4 Å². The van der Waals surface area contributed by atoms with Gasteiger partial charge in [-0.3, -0.25) is 38.4 Å². The Bertz CT molecular complexity index is 3130. The normalized spacial score (nSPS) is 11.7. The van der Waals surface area contributed by atoms with Crippen LogP contribution in [0.4, 0.5) is 33.6 Å². The molecular formula is C78H139Cl2N13O25. The molecule has 0 heterocycles. The van der Waals surface area contributed by atoms with Crippen LogP contribution in [-0.4, -0.2) is 360 Å². The van der Waals surface area contributed by atoms with Crippen molar-refractivity contribution in [1.82, 2.24) is 64.4 Å². The molecule has 0 fully saturated rings. The maximum atomic E-state index is 13.3. The number of aliphatic carboxylic acids is 1. The quantitative estimate of drug-likeness (QED) is 0.0256. The van der Waals surface area contributed by atoms with Gasteiger partial charge in [-0.05, 0) is 151 Å². The zero-order valence-electron chi connectivity index (χ0n) is 75.5. The van der Waals surface area contributed by atoms with E-state index >= 15 is 0 Å². The molecule has 38 nitrogen and oxygen atoms in total. The highest BCUT2D eigenvalue weighted by molar-refractivity contribution is 6.40. The number of halogens is 2. The van der Waals surface area contributed by atoms with E-state index in [2.05, 4.69) is 5.32 Å². The molecule has 0 saturated heterocycles. The van der Waals surface area contributed by atoms with Crippen LogP contribution < -0.4 is 5.32 Å². The molecule has 0 saturated carbocycles. The molecule has 3 N–H and O–H groups in total. The van der Waals surface area contributed by atoms with Crippen molar-refractivity contribution in [2.75, 3.05) is 154 Å². The molecule has 0 aliphatic heterocycles. The van der Waals surface area contributed by atoms with Crippen LogP contribution >= 0.6 is 23.2 Å². The lowest BCUT2D eigenvalue weighted by molar-refractivity contribution is -0.150. The van der Waals surface area contributed by atoms with E-state index in [1.54, 1.807) is 160 Å². The zero-order chi connectivity index (χ0) is 92.7. The van der Waals surface area contributed by atoms with Crippen LogP contribution in [0.1, 0.15) is 176 Å². The summed E-state index contributed by atoms with van der Waals surface area (Å²) in [5.41, 5.74) is -2.88. The summed E-state index contributed by atoms with van der Waals surface area (Å²) in [6.45, 7) is 35.6. The van der Waals surface area contributed by atoms with Crippen LogP contribution in [0.3, 0.4) is 0 Å². The highest BCUT2D eigenvalue weighted by Gasteiger charge is 2.37. The van der Waals surface area contributed by atoms with Crippen molar-refractivity contribution >= 4 is 113 Å². The van der Waals surface area contributed by atoms with E-state index in [9.17, 15) is 77.0 Å². The number of nitrogens with one attached hydrogen (secondary N) is 1. The third kappa shape index (κ3) is 51.7. The summed E-state index contributed by atoms with van der Waals surface area (Å²) in [7, 11) is 14.5. The minimum absolute atomic E-state index is 0.0421. The molecule has 0 aliphatic rings. The Morgan fingerprint density at radius 3 is 0.958 bits per heavy atom. The molecule has 0 radical (unpaired) electrons. The zero-order valence-corrected chi connectivity index (χ0v) is 77.0. The number of aliphatic hydroxyl groups is 1. The summed E-state index contributed by atoms with van der Waals surface area (Å²) >= 11 is 9.53. The fourth-order valence-corrected chi connectivity index (χ4v) is 9.13. The number of esters is 1. The molecule has 680 valence electrons. The number of carboxylic acids is 1. The number of benzene rings is 1. The minimum atomic E-state index is -1.37. The number of ether oxygens (including phenoxy) is 6. The number of amides is 12. The van der Waals surface area contributed by atoms with Crippen LogP contribution in [-0.2, 0) is 83.1 Å². The molecule has 1 aromatic carbocycles. The van der Waals surface area contributed by atoms with Crippen molar-refractivity contribution in [3.63, 3.8) is 0 Å². The summed E-state index contributed by atoms with van der Waals surface area (Å²) in [4.78, 5) is 211. The van der Waals surface area contributed by atoms with E-state index in [4.69, 9.17) is 66.4 Å². The average molecular weight is 1730 g/mol. The third-order valence-corrected chi connectivity index (χ3v) is 15.6. The van der Waals surface area contributed by atoms with E-state index in [0.717, 1.165) is 22.5 Å². The summed E-state index contributed by atoms with van der Waals surface area (Å²) in [6, 6.07) is 6.15. The van der Waals surface area contributed by atoms with Gasteiger partial charge in [0, 0.05) is 148 Å². The molecule has 1 aromatic rings. The third-order valence-electron chi connectivity index (χ3n) is 15.6. The van der Waals surface area contributed by atoms with Crippen LogP contribution in [0.2, 0.25) is 0 Å². The number of hydrogen-bond donors (Lipinski definition) is 3. The number of carboxylic acid groups (broad SMARTS) is 1. The first-order valence-electron chi connectivity index (χ1n) is 38.4. The first kappa shape index (κ1) is 115. The fourth-order valence-electron chi connectivity index (χ4n) is 9.13. The second-order valence-electron chi connectivity index (χ2n) is 31.5. The topological polar surface area (TPSA) is 421 Å². The van der Waals surface area contributed by atoms with Crippen LogP contribution in [0.5, 0.6) is 0 Å². The van der Waals surface area contributed by atoms with Crippen molar-refractivity contribution in [2.24, 2.45) is 0 Å². The SMILES string of the molecule is CCN(CC)C(=O)ON(CCC(=O)N(C)[C@@H](CC(=O)O)C(=O)N(C)CCN(C)C(=O)OC(C)(C)C)C(=O)OC(C)(C)C.CCN(CC)C(=O)ON(CCC(=O)N(C)[C@@H](CC(C)=O)C(=O)N(C)CCN(C)C(=O)OC(C)(C)C)C(=O)OC(C)(C)C.CN[C@@H](CC(=O)OCc1ccccc1)C(=O)N(C)CCN(C)C(=O)OC(C)(C)C.CO.ClCCl. The number of rotatable bonds is 33. The number of carbonyl (C=O) groups excluding carboxylic acids is 14. The lowest BCUT2D eigenvalue weighted by atomic mass is 10.1. The molecule has 40 heteroatoms. The molecule has 0 unspecified atom stereocenters. The van der Waals surface area contributed by atoms with E-state index < -0.39 is 144 Å². The molecule has 0 aromatic heterocycles. The van der Waals surface area contributed by atoms with Crippen molar-refractivity contribution < 1.29 is 120 Å². The number of ketones is 1. The minimum Gasteiger partial charge on any atom is -0.481 e. The van der Waals surface area contributed by atoms with Crippen LogP contribution in [0.25, 0.3) is 0 Å². The monoisotopic (exact) mass is 1730 g/mol. The maximum Gasteiger partial charge on any atom is 0.443 e. The number of carbonyl (C=O) groups is 15. The van der Waals surface area contributed by atoms with Gasteiger partial charge in [-0.2, -0.15) is 0 Å². The smallest absolute Gasteiger partial charge is 0.443 e. The summed E-state index contributed by atoms with van der Waals surface area (Å²) in [5.74, 6) is -4.74. The highest BCUT2D eigenvalue weighted by atomic mass is 35.5. The number of alkyl halides is 2. The number of likely N-dealkylation sites (N-methyl/N-ethyl adjacent to an activating group) is 9. The van der Waals surface area contributed by atoms with E-state index in [-0.39, 0.29) is 75.6 Å². The summed E-state index contributed by atoms with van der Waals surface area (Å²) < 4.78 is 31.7. The fraction of sp³-hybridized carbons (Fsp3) is 0.731. The Labute approximate surface area is 708 Å². The van der Waals surface area contributed by atoms with Gasteiger partial charge < -0.3 is 103 Å². The molecular weight excluding hydrogens is 1590 g/mol. The Morgan fingerprint density at radius 2 is 0.686 bits per heavy atom. The molecule has 0 aliphatic carbocycles. The van der Waals surface area contributed by atoms with Gasteiger partial charge >= 0.3 is 54.6 Å². The number of aliphatic hydroxyl groups excluding tert-OH is 1. The molecule has 12 amide bonds. The first-order valence-corrected chi connectivity index (χ1v) is 39.5. The maximum absolute atomic E-state index is 13.3. The number of hydrogen-bond acceptors (Lipinski definition) is 25. The Morgan fingerprint density at radius 1 is 0.407 bits per heavy atom. The van der Waals surface area contributed by atoms with Gasteiger partial charge in [0.25, 0.3) is 0 Å². The van der Waals surface area contributed by atoms with Crippen molar-refractivity contribution in [3.05, 3.63) is 35.9 Å². The number of Topliss-reactive ketones (excluding diaryl/α,β-unsaturated/α-hetero) is 1. The van der Waals surface area contributed by atoms with Gasteiger partial charge in [0.2, 0.25) is 29.5 Å². The Hall–Kier alpha value is -9.43. The Balaban J connectivity index is -0.000000816. The van der Waals surface area contributed by atoms with Crippen molar-refractivity contribution in [3.8, 4) is 0 Å². The number of hydroxylamine groups is 4. The summed E-state index contributed by atoms with van der Waals surface area (Å²) in [5, 5.41) is 20.8. The Kier molecular flexibility index (Phi) is 55.4. The van der Waals surface area contributed by atoms with Crippen molar-refractivity contribution in [2.45, 2.75) is 223 Å². The van der Waals surface area contributed by atoms with Gasteiger partial charge in [-0.1, -0.05) is 30.3 Å². The predicted molar refractivity (Wildman–Crippen MR) is 443 cm³/mol. The molecule has 1 rings (SSSR count). The first-order chi connectivity index (χ1) is 54.2. The van der Waals surface area contributed by atoms with Crippen LogP contribution in [0, 0.1) is 0 Å².